The zero-order chi connectivity index (χ0) is 13.5. The topological polar surface area (TPSA) is 24.1 Å². The minimum atomic E-state index is -0.210. The lowest BCUT2D eigenvalue weighted by atomic mass is 10.1. The van der Waals surface area contributed by atoms with Gasteiger partial charge in [0.15, 0.2) is 0 Å². The molecule has 0 aliphatic rings. The minimum Gasteiger partial charge on any atom is -0.381 e. The summed E-state index contributed by atoms with van der Waals surface area (Å²) in [4.78, 5) is 0. The summed E-state index contributed by atoms with van der Waals surface area (Å²) < 4.78 is 13.4. The average Bonchev–Trinajstić information content (AvgIpc) is 2.46. The summed E-state index contributed by atoms with van der Waals surface area (Å²) in [6, 6.07) is 17.3. The maximum Gasteiger partial charge on any atom is 0.146 e. The highest BCUT2D eigenvalue weighted by Gasteiger charge is 2.03. The van der Waals surface area contributed by atoms with E-state index in [1.54, 1.807) is 12.1 Å². The van der Waals surface area contributed by atoms with Crippen LogP contribution >= 0.6 is 0 Å². The van der Waals surface area contributed by atoms with Crippen LogP contribution in [0, 0.1) is 5.82 Å². The van der Waals surface area contributed by atoms with Crippen molar-refractivity contribution >= 4 is 5.69 Å². The SMILES string of the molecule is CC(NCCNc1ccccc1F)c1ccccc1. The Hall–Kier alpha value is -1.87. The molecule has 19 heavy (non-hydrogen) atoms. The summed E-state index contributed by atoms with van der Waals surface area (Å²) in [5, 5.41) is 6.49. The molecule has 0 aliphatic carbocycles. The van der Waals surface area contributed by atoms with Gasteiger partial charge >= 0.3 is 0 Å². The predicted molar refractivity (Wildman–Crippen MR) is 77.7 cm³/mol. The molecule has 0 heterocycles. The molecule has 0 saturated carbocycles. The Bertz CT molecular complexity index is 499. The van der Waals surface area contributed by atoms with E-state index in [9.17, 15) is 4.39 Å². The third kappa shape index (κ3) is 4.07. The van der Waals surface area contributed by atoms with E-state index in [1.165, 1.54) is 11.6 Å². The van der Waals surface area contributed by atoms with Crippen LogP contribution in [0.3, 0.4) is 0 Å². The number of rotatable bonds is 6. The lowest BCUT2D eigenvalue weighted by Crippen LogP contribution is -2.25. The Kier molecular flexibility index (Phi) is 4.93. The number of nitrogens with one attached hydrogen (secondary N) is 2. The van der Waals surface area contributed by atoms with Crippen LogP contribution in [0.2, 0.25) is 0 Å². The maximum atomic E-state index is 13.4. The second-order valence-electron chi connectivity index (χ2n) is 4.49. The molecular weight excluding hydrogens is 239 g/mol. The summed E-state index contributed by atoms with van der Waals surface area (Å²) in [5.41, 5.74) is 1.81. The zero-order valence-corrected chi connectivity index (χ0v) is 11.1. The van der Waals surface area contributed by atoms with Gasteiger partial charge in [-0.15, -0.1) is 0 Å². The molecule has 0 spiro atoms. The highest BCUT2D eigenvalue weighted by molar-refractivity contribution is 5.44. The standard InChI is InChI=1S/C16H19FN2/c1-13(14-7-3-2-4-8-14)18-11-12-19-16-10-6-5-9-15(16)17/h2-10,13,18-19H,11-12H2,1H3. The van der Waals surface area contributed by atoms with Gasteiger partial charge in [0, 0.05) is 19.1 Å². The molecule has 2 rings (SSSR count). The summed E-state index contributed by atoms with van der Waals surface area (Å²) >= 11 is 0. The average molecular weight is 258 g/mol. The van der Waals surface area contributed by atoms with E-state index in [-0.39, 0.29) is 5.82 Å². The molecule has 2 N–H and O–H groups in total. The quantitative estimate of drug-likeness (QED) is 0.774. The number of para-hydroxylation sites is 1. The number of halogens is 1. The van der Waals surface area contributed by atoms with Gasteiger partial charge in [0.05, 0.1) is 5.69 Å². The first-order valence-electron chi connectivity index (χ1n) is 6.54. The molecule has 0 bridgehead atoms. The fraction of sp³-hybridized carbons (Fsp3) is 0.250. The molecule has 3 heteroatoms. The molecule has 2 aromatic carbocycles. The molecule has 0 fully saturated rings. The van der Waals surface area contributed by atoms with Crippen LogP contribution < -0.4 is 10.6 Å². The van der Waals surface area contributed by atoms with Gasteiger partial charge < -0.3 is 10.6 Å². The third-order valence-corrected chi connectivity index (χ3v) is 3.06. The zero-order valence-electron chi connectivity index (χ0n) is 11.1. The second-order valence-corrected chi connectivity index (χ2v) is 4.49. The fourth-order valence-corrected chi connectivity index (χ4v) is 1.95. The normalized spacial score (nSPS) is 12.1. The second kappa shape index (κ2) is 6.90. The van der Waals surface area contributed by atoms with Crippen molar-refractivity contribution in [1.29, 1.82) is 0 Å². The molecule has 2 nitrogen and oxygen atoms in total. The fourth-order valence-electron chi connectivity index (χ4n) is 1.95. The third-order valence-electron chi connectivity index (χ3n) is 3.06. The van der Waals surface area contributed by atoms with Gasteiger partial charge in [-0.05, 0) is 24.6 Å². The van der Waals surface area contributed by atoms with Gasteiger partial charge in [0.1, 0.15) is 5.82 Å². The van der Waals surface area contributed by atoms with E-state index in [1.807, 2.05) is 24.3 Å². The molecule has 2 aromatic rings. The highest BCUT2D eigenvalue weighted by Crippen LogP contribution is 2.12. The van der Waals surface area contributed by atoms with Crippen LogP contribution in [0.1, 0.15) is 18.5 Å². The van der Waals surface area contributed by atoms with Crippen molar-refractivity contribution in [3.05, 3.63) is 66.0 Å². The lowest BCUT2D eigenvalue weighted by molar-refractivity contribution is 0.586. The number of hydrogen-bond donors (Lipinski definition) is 2. The van der Waals surface area contributed by atoms with E-state index in [2.05, 4.69) is 29.7 Å². The van der Waals surface area contributed by atoms with Gasteiger partial charge in [-0.1, -0.05) is 42.5 Å². The molecule has 0 amide bonds. The largest absolute Gasteiger partial charge is 0.381 e. The molecule has 0 aromatic heterocycles. The molecular formula is C16H19FN2. The van der Waals surface area contributed by atoms with Crippen molar-refractivity contribution in [2.24, 2.45) is 0 Å². The molecule has 0 aliphatic heterocycles. The van der Waals surface area contributed by atoms with Crippen LogP contribution in [-0.4, -0.2) is 13.1 Å². The van der Waals surface area contributed by atoms with Crippen molar-refractivity contribution in [1.82, 2.24) is 5.32 Å². The van der Waals surface area contributed by atoms with Crippen LogP contribution in [0.5, 0.6) is 0 Å². The van der Waals surface area contributed by atoms with Gasteiger partial charge in [-0.25, -0.2) is 4.39 Å². The van der Waals surface area contributed by atoms with Crippen LogP contribution in [0.15, 0.2) is 54.6 Å². The van der Waals surface area contributed by atoms with Crippen LogP contribution in [0.25, 0.3) is 0 Å². The van der Waals surface area contributed by atoms with Gasteiger partial charge in [-0.2, -0.15) is 0 Å². The van der Waals surface area contributed by atoms with E-state index in [0.717, 1.165) is 6.54 Å². The van der Waals surface area contributed by atoms with Crippen molar-refractivity contribution < 1.29 is 4.39 Å². The van der Waals surface area contributed by atoms with Crippen molar-refractivity contribution in [2.45, 2.75) is 13.0 Å². The molecule has 1 unspecified atom stereocenters. The van der Waals surface area contributed by atoms with Gasteiger partial charge in [-0.3, -0.25) is 0 Å². The van der Waals surface area contributed by atoms with Crippen molar-refractivity contribution in [2.75, 3.05) is 18.4 Å². The monoisotopic (exact) mass is 258 g/mol. The van der Waals surface area contributed by atoms with Crippen LogP contribution in [0.4, 0.5) is 10.1 Å². The van der Waals surface area contributed by atoms with Gasteiger partial charge in [0.25, 0.3) is 0 Å². The van der Waals surface area contributed by atoms with Gasteiger partial charge in [0.2, 0.25) is 0 Å². The van der Waals surface area contributed by atoms with E-state index in [4.69, 9.17) is 0 Å². The molecule has 0 saturated heterocycles. The minimum absolute atomic E-state index is 0.210. The predicted octanol–water partition coefficient (Wildman–Crippen LogP) is 3.59. The van der Waals surface area contributed by atoms with E-state index >= 15 is 0 Å². The number of hydrogen-bond acceptors (Lipinski definition) is 2. The molecule has 100 valence electrons. The van der Waals surface area contributed by atoms with Crippen molar-refractivity contribution in [3.8, 4) is 0 Å². The maximum absolute atomic E-state index is 13.4. The number of anilines is 1. The number of benzene rings is 2. The lowest BCUT2D eigenvalue weighted by Gasteiger charge is -2.15. The first kappa shape index (κ1) is 13.6. The Balaban J connectivity index is 1.74. The molecule has 1 atom stereocenters. The van der Waals surface area contributed by atoms with E-state index in [0.29, 0.717) is 18.3 Å². The Labute approximate surface area is 113 Å². The Morgan fingerprint density at radius 3 is 2.37 bits per heavy atom. The summed E-state index contributed by atoms with van der Waals surface area (Å²) in [7, 11) is 0. The molecule has 0 radical (unpaired) electrons. The first-order valence-corrected chi connectivity index (χ1v) is 6.54. The summed E-state index contributed by atoms with van der Waals surface area (Å²) in [6.45, 7) is 3.60. The Morgan fingerprint density at radius 1 is 0.947 bits per heavy atom. The Morgan fingerprint density at radius 2 is 1.63 bits per heavy atom. The highest BCUT2D eigenvalue weighted by atomic mass is 19.1. The summed E-state index contributed by atoms with van der Waals surface area (Å²) in [5.74, 6) is -0.210. The van der Waals surface area contributed by atoms with Crippen molar-refractivity contribution in [3.63, 3.8) is 0 Å². The first-order chi connectivity index (χ1) is 9.27. The van der Waals surface area contributed by atoms with E-state index < -0.39 is 0 Å². The smallest absolute Gasteiger partial charge is 0.146 e. The summed E-state index contributed by atoms with van der Waals surface area (Å²) in [6.07, 6.45) is 0. The van der Waals surface area contributed by atoms with Crippen LogP contribution in [-0.2, 0) is 0 Å².